The molecule has 0 fully saturated rings. The topological polar surface area (TPSA) is 26.3 Å². The standard InChI is InChI=1S/C19H18Cl2O2/c1-13(2)12-23-16-5-3-4-14(10-16)6-9-19(22)15-7-8-17(20)18(21)11-15/h3-11,13H,12H2,1-2H3/b9-6+. The van der Waals surface area contributed by atoms with Crippen molar-refractivity contribution in [2.75, 3.05) is 6.61 Å². The molecule has 2 aromatic carbocycles. The molecule has 0 aromatic heterocycles. The third kappa shape index (κ3) is 5.42. The second kappa shape index (κ2) is 8.19. The smallest absolute Gasteiger partial charge is 0.185 e. The number of ether oxygens (including phenoxy) is 1. The Labute approximate surface area is 146 Å². The Morgan fingerprint density at radius 2 is 1.91 bits per heavy atom. The van der Waals surface area contributed by atoms with Gasteiger partial charge in [-0.25, -0.2) is 0 Å². The molecule has 0 aliphatic heterocycles. The van der Waals surface area contributed by atoms with E-state index in [4.69, 9.17) is 27.9 Å². The van der Waals surface area contributed by atoms with Crippen LogP contribution < -0.4 is 4.74 Å². The highest BCUT2D eigenvalue weighted by atomic mass is 35.5. The van der Waals surface area contributed by atoms with E-state index in [1.165, 1.54) is 6.08 Å². The molecule has 2 aromatic rings. The van der Waals surface area contributed by atoms with Gasteiger partial charge in [0.25, 0.3) is 0 Å². The van der Waals surface area contributed by atoms with Crippen LogP contribution in [-0.2, 0) is 0 Å². The van der Waals surface area contributed by atoms with Crippen LogP contribution >= 0.6 is 23.2 Å². The minimum Gasteiger partial charge on any atom is -0.493 e. The summed E-state index contributed by atoms with van der Waals surface area (Å²) in [5.41, 5.74) is 1.41. The SMILES string of the molecule is CC(C)COc1cccc(/C=C/C(=O)c2ccc(Cl)c(Cl)c2)c1. The second-order valence-corrected chi connectivity index (χ2v) is 6.42. The zero-order chi connectivity index (χ0) is 16.8. The highest BCUT2D eigenvalue weighted by Gasteiger charge is 2.05. The van der Waals surface area contributed by atoms with Gasteiger partial charge >= 0.3 is 0 Å². The van der Waals surface area contributed by atoms with E-state index in [1.54, 1.807) is 24.3 Å². The van der Waals surface area contributed by atoms with Gasteiger partial charge in [0.15, 0.2) is 5.78 Å². The molecule has 0 spiro atoms. The van der Waals surface area contributed by atoms with Crippen LogP contribution in [0.2, 0.25) is 10.0 Å². The lowest BCUT2D eigenvalue weighted by Gasteiger charge is -2.08. The van der Waals surface area contributed by atoms with Gasteiger partial charge < -0.3 is 4.74 Å². The molecule has 2 rings (SSSR count). The minimum absolute atomic E-state index is 0.128. The molecular weight excluding hydrogens is 331 g/mol. The lowest BCUT2D eigenvalue weighted by molar-refractivity contribution is 0.104. The van der Waals surface area contributed by atoms with E-state index >= 15 is 0 Å². The highest BCUT2D eigenvalue weighted by molar-refractivity contribution is 6.42. The maximum absolute atomic E-state index is 12.2. The third-order valence-corrected chi connectivity index (χ3v) is 3.81. The summed E-state index contributed by atoms with van der Waals surface area (Å²) in [7, 11) is 0. The molecular formula is C19H18Cl2O2. The van der Waals surface area contributed by atoms with E-state index in [-0.39, 0.29) is 5.78 Å². The van der Waals surface area contributed by atoms with E-state index in [0.29, 0.717) is 28.1 Å². The molecule has 0 saturated heterocycles. The fourth-order valence-corrected chi connectivity index (χ4v) is 2.19. The molecule has 4 heteroatoms. The molecule has 23 heavy (non-hydrogen) atoms. The molecule has 0 unspecified atom stereocenters. The predicted octanol–water partition coefficient (Wildman–Crippen LogP) is 5.92. The third-order valence-electron chi connectivity index (χ3n) is 3.07. The van der Waals surface area contributed by atoms with Crippen molar-refractivity contribution in [3.63, 3.8) is 0 Å². The summed E-state index contributed by atoms with van der Waals surface area (Å²) in [6.45, 7) is 4.86. The Hall–Kier alpha value is -1.77. The largest absolute Gasteiger partial charge is 0.493 e. The maximum Gasteiger partial charge on any atom is 0.185 e. The number of hydrogen-bond donors (Lipinski definition) is 0. The molecule has 0 saturated carbocycles. The van der Waals surface area contributed by atoms with Crippen molar-refractivity contribution in [3.8, 4) is 5.75 Å². The van der Waals surface area contributed by atoms with E-state index in [0.717, 1.165) is 11.3 Å². The average molecular weight is 349 g/mol. The summed E-state index contributed by atoms with van der Waals surface area (Å²) < 4.78 is 5.68. The van der Waals surface area contributed by atoms with Crippen LogP contribution in [0.4, 0.5) is 0 Å². The summed E-state index contributed by atoms with van der Waals surface area (Å²) in [6.07, 6.45) is 3.27. The van der Waals surface area contributed by atoms with E-state index in [9.17, 15) is 4.79 Å². The van der Waals surface area contributed by atoms with Crippen LogP contribution in [0.1, 0.15) is 29.8 Å². The first-order valence-corrected chi connectivity index (χ1v) is 8.11. The molecule has 0 aliphatic rings. The number of carbonyl (C=O) groups excluding carboxylic acids is 1. The molecule has 0 aliphatic carbocycles. The Morgan fingerprint density at radius 1 is 1.13 bits per heavy atom. The normalized spacial score (nSPS) is 11.2. The number of carbonyl (C=O) groups is 1. The van der Waals surface area contributed by atoms with Crippen molar-refractivity contribution in [1.29, 1.82) is 0 Å². The van der Waals surface area contributed by atoms with E-state index < -0.39 is 0 Å². The van der Waals surface area contributed by atoms with Crippen LogP contribution in [0.15, 0.2) is 48.5 Å². The molecule has 120 valence electrons. The van der Waals surface area contributed by atoms with Gasteiger partial charge in [-0.05, 0) is 47.9 Å². The molecule has 2 nitrogen and oxygen atoms in total. The quantitative estimate of drug-likeness (QED) is 0.478. The van der Waals surface area contributed by atoms with Crippen molar-refractivity contribution >= 4 is 35.1 Å². The monoisotopic (exact) mass is 348 g/mol. The average Bonchev–Trinajstić information content (AvgIpc) is 2.53. The Kier molecular flexibility index (Phi) is 6.26. The Morgan fingerprint density at radius 3 is 2.61 bits per heavy atom. The maximum atomic E-state index is 12.2. The summed E-state index contributed by atoms with van der Waals surface area (Å²) in [6, 6.07) is 12.5. The number of halogens is 2. The van der Waals surface area contributed by atoms with Crippen molar-refractivity contribution in [1.82, 2.24) is 0 Å². The van der Waals surface area contributed by atoms with Gasteiger partial charge in [-0.1, -0.05) is 55.3 Å². The number of hydrogen-bond acceptors (Lipinski definition) is 2. The molecule has 0 N–H and O–H groups in total. The van der Waals surface area contributed by atoms with Gasteiger partial charge in [-0.15, -0.1) is 0 Å². The van der Waals surface area contributed by atoms with Gasteiger partial charge in [-0.2, -0.15) is 0 Å². The number of benzene rings is 2. The summed E-state index contributed by atoms with van der Waals surface area (Å²) >= 11 is 11.8. The molecule has 0 radical (unpaired) electrons. The van der Waals surface area contributed by atoms with Crippen LogP contribution in [0.25, 0.3) is 6.08 Å². The summed E-state index contributed by atoms with van der Waals surface area (Å²) in [4.78, 5) is 12.2. The minimum atomic E-state index is -0.128. The van der Waals surface area contributed by atoms with Crippen molar-refractivity contribution in [3.05, 3.63) is 69.7 Å². The lowest BCUT2D eigenvalue weighted by Crippen LogP contribution is -2.04. The van der Waals surface area contributed by atoms with Crippen LogP contribution in [0.3, 0.4) is 0 Å². The molecule has 0 amide bonds. The van der Waals surface area contributed by atoms with E-state index in [2.05, 4.69) is 13.8 Å². The van der Waals surface area contributed by atoms with Gasteiger partial charge in [0.1, 0.15) is 5.75 Å². The van der Waals surface area contributed by atoms with Gasteiger partial charge in [0.05, 0.1) is 16.7 Å². The van der Waals surface area contributed by atoms with Gasteiger partial charge in [0.2, 0.25) is 0 Å². The van der Waals surface area contributed by atoms with Crippen LogP contribution in [-0.4, -0.2) is 12.4 Å². The lowest BCUT2D eigenvalue weighted by atomic mass is 10.1. The Balaban J connectivity index is 2.08. The van der Waals surface area contributed by atoms with Gasteiger partial charge in [-0.3, -0.25) is 4.79 Å². The van der Waals surface area contributed by atoms with Crippen LogP contribution in [0, 0.1) is 5.92 Å². The zero-order valence-electron chi connectivity index (χ0n) is 13.1. The van der Waals surface area contributed by atoms with Crippen molar-refractivity contribution in [2.24, 2.45) is 5.92 Å². The zero-order valence-corrected chi connectivity index (χ0v) is 14.6. The summed E-state index contributed by atoms with van der Waals surface area (Å²) in [5, 5.41) is 0.803. The fraction of sp³-hybridized carbons (Fsp3) is 0.211. The first kappa shape index (κ1) is 17.6. The van der Waals surface area contributed by atoms with Crippen molar-refractivity contribution in [2.45, 2.75) is 13.8 Å². The van der Waals surface area contributed by atoms with Crippen LogP contribution in [0.5, 0.6) is 5.75 Å². The molecule has 0 heterocycles. The Bertz CT molecular complexity index is 721. The van der Waals surface area contributed by atoms with Gasteiger partial charge in [0, 0.05) is 5.56 Å². The highest BCUT2D eigenvalue weighted by Crippen LogP contribution is 2.23. The molecule has 0 bridgehead atoms. The number of ketones is 1. The number of rotatable bonds is 6. The molecule has 0 atom stereocenters. The first-order valence-electron chi connectivity index (χ1n) is 7.36. The van der Waals surface area contributed by atoms with Crippen molar-refractivity contribution < 1.29 is 9.53 Å². The fourth-order valence-electron chi connectivity index (χ4n) is 1.89. The predicted molar refractivity (Wildman–Crippen MR) is 96.6 cm³/mol. The first-order chi connectivity index (χ1) is 11.0. The summed E-state index contributed by atoms with van der Waals surface area (Å²) in [5.74, 6) is 1.13. The van der Waals surface area contributed by atoms with E-state index in [1.807, 2.05) is 24.3 Å². The number of allylic oxidation sites excluding steroid dienone is 1. The second-order valence-electron chi connectivity index (χ2n) is 5.60.